The molecule has 2 aromatic rings. The summed E-state index contributed by atoms with van der Waals surface area (Å²) < 4.78 is 1.12. The van der Waals surface area contributed by atoms with Crippen LogP contribution >= 0.6 is 34.3 Å². The van der Waals surface area contributed by atoms with Gasteiger partial charge >= 0.3 is 0 Å². The van der Waals surface area contributed by atoms with Crippen molar-refractivity contribution in [2.45, 2.75) is 0 Å². The second kappa shape index (κ2) is 2.59. The van der Waals surface area contributed by atoms with E-state index in [4.69, 9.17) is 11.6 Å². The maximum Gasteiger partial charge on any atom is 0.151 e. The zero-order valence-corrected chi connectivity index (χ0v) is 7.72. The maximum atomic E-state index is 10.5. The highest BCUT2D eigenvalue weighted by Gasteiger charge is 2.08. The molecule has 11 heavy (non-hydrogen) atoms. The van der Waals surface area contributed by atoms with Gasteiger partial charge in [0.15, 0.2) is 6.29 Å². The van der Waals surface area contributed by atoms with Gasteiger partial charge in [-0.15, -0.1) is 22.7 Å². The predicted octanol–water partition coefficient (Wildman–Crippen LogP) is 3.43. The van der Waals surface area contributed by atoms with E-state index in [1.165, 1.54) is 0 Å². The molecule has 1 nitrogen and oxygen atoms in total. The lowest BCUT2D eigenvalue weighted by atomic mass is 10.3. The van der Waals surface area contributed by atoms with Crippen molar-refractivity contribution in [2.24, 2.45) is 0 Å². The zero-order chi connectivity index (χ0) is 7.84. The molecule has 2 aromatic heterocycles. The summed E-state index contributed by atoms with van der Waals surface area (Å²) >= 11 is 9.00. The molecule has 0 bridgehead atoms. The fourth-order valence-electron chi connectivity index (χ4n) is 0.926. The lowest BCUT2D eigenvalue weighted by Crippen LogP contribution is -1.70. The van der Waals surface area contributed by atoms with Crippen molar-refractivity contribution in [3.8, 4) is 0 Å². The first kappa shape index (κ1) is 7.28. The van der Waals surface area contributed by atoms with Crippen LogP contribution in [-0.4, -0.2) is 6.29 Å². The summed E-state index contributed by atoms with van der Waals surface area (Å²) in [5.41, 5.74) is 0.705. The van der Waals surface area contributed by atoms with E-state index < -0.39 is 0 Å². The average molecular weight is 203 g/mol. The number of rotatable bonds is 1. The number of thiophene rings is 2. The Kier molecular flexibility index (Phi) is 1.71. The molecule has 2 heterocycles. The highest BCUT2D eigenvalue weighted by molar-refractivity contribution is 7.37. The molecule has 4 heteroatoms. The smallest absolute Gasteiger partial charge is 0.151 e. The van der Waals surface area contributed by atoms with Crippen LogP contribution in [0.4, 0.5) is 0 Å². The van der Waals surface area contributed by atoms with Gasteiger partial charge in [0.05, 0.1) is 9.04 Å². The van der Waals surface area contributed by atoms with Crippen LogP contribution in [0.15, 0.2) is 10.8 Å². The number of halogens is 1. The molecule has 2 rings (SSSR count). The Morgan fingerprint density at radius 1 is 1.36 bits per heavy atom. The largest absolute Gasteiger partial charge is 0.298 e. The first-order valence-corrected chi connectivity index (χ1v) is 5.06. The summed E-state index contributed by atoms with van der Waals surface area (Å²) in [5, 5.41) is 5.29. The molecule has 0 radical (unpaired) electrons. The minimum Gasteiger partial charge on any atom is -0.298 e. The van der Waals surface area contributed by atoms with E-state index in [-0.39, 0.29) is 0 Å². The molecule has 0 saturated carbocycles. The summed E-state index contributed by atoms with van der Waals surface area (Å²) in [5.74, 6) is 0. The molecule has 0 saturated heterocycles. The van der Waals surface area contributed by atoms with Crippen molar-refractivity contribution in [1.82, 2.24) is 0 Å². The van der Waals surface area contributed by atoms with Gasteiger partial charge in [-0.05, 0) is 0 Å². The second-order valence-corrected chi connectivity index (χ2v) is 4.48. The minimum absolute atomic E-state index is 0.688. The van der Waals surface area contributed by atoms with Gasteiger partial charge in [0.2, 0.25) is 0 Å². The highest BCUT2D eigenvalue weighted by Crippen LogP contribution is 2.36. The molecule has 0 N–H and O–H groups in total. The van der Waals surface area contributed by atoms with Crippen molar-refractivity contribution in [1.29, 1.82) is 0 Å². The molecule has 0 aliphatic rings. The van der Waals surface area contributed by atoms with Crippen LogP contribution in [0, 0.1) is 0 Å². The maximum absolute atomic E-state index is 10.5. The molecular formula is C7H3ClOS2. The van der Waals surface area contributed by atoms with Crippen LogP contribution in [0.1, 0.15) is 10.4 Å². The minimum atomic E-state index is 0.688. The van der Waals surface area contributed by atoms with Gasteiger partial charge in [-0.25, -0.2) is 0 Å². The van der Waals surface area contributed by atoms with Crippen molar-refractivity contribution < 1.29 is 4.79 Å². The zero-order valence-electron chi connectivity index (χ0n) is 5.33. The third-order valence-electron chi connectivity index (χ3n) is 1.42. The molecule has 0 aliphatic carbocycles. The van der Waals surface area contributed by atoms with E-state index in [0.717, 1.165) is 15.7 Å². The SMILES string of the molecule is O=Cc1csc2scc(Cl)c12. The fourth-order valence-corrected chi connectivity index (χ4v) is 3.31. The second-order valence-electron chi connectivity index (χ2n) is 2.05. The van der Waals surface area contributed by atoms with Crippen LogP contribution < -0.4 is 0 Å². The van der Waals surface area contributed by atoms with E-state index in [9.17, 15) is 4.79 Å². The lowest BCUT2D eigenvalue weighted by Gasteiger charge is -1.81. The molecule has 0 aromatic carbocycles. The number of hydrogen-bond donors (Lipinski definition) is 0. The van der Waals surface area contributed by atoms with Crippen LogP contribution in [0.2, 0.25) is 5.02 Å². The summed E-state index contributed by atoms with van der Waals surface area (Å²) in [6.07, 6.45) is 0.845. The molecule has 0 spiro atoms. The van der Waals surface area contributed by atoms with Gasteiger partial charge in [0.25, 0.3) is 0 Å². The topological polar surface area (TPSA) is 17.1 Å². The number of carbonyl (C=O) groups is 1. The molecule has 0 fully saturated rings. The van der Waals surface area contributed by atoms with Crippen molar-refractivity contribution in [2.75, 3.05) is 0 Å². The summed E-state index contributed by atoms with van der Waals surface area (Å²) in [7, 11) is 0. The van der Waals surface area contributed by atoms with Crippen molar-refractivity contribution in [3.63, 3.8) is 0 Å². The van der Waals surface area contributed by atoms with E-state index in [1.54, 1.807) is 22.7 Å². The third kappa shape index (κ3) is 1.00. The van der Waals surface area contributed by atoms with Crippen LogP contribution in [0.5, 0.6) is 0 Å². The van der Waals surface area contributed by atoms with E-state index in [0.29, 0.717) is 10.6 Å². The Morgan fingerprint density at radius 2 is 2.09 bits per heavy atom. The van der Waals surface area contributed by atoms with Crippen LogP contribution in [0.25, 0.3) is 9.40 Å². The number of carbonyl (C=O) groups excluding carboxylic acids is 1. The molecular weight excluding hydrogens is 200 g/mol. The van der Waals surface area contributed by atoms with Gasteiger partial charge in [0, 0.05) is 21.7 Å². The Labute approximate surface area is 76.2 Å². The average Bonchev–Trinajstić information content (AvgIpc) is 2.54. The van der Waals surface area contributed by atoms with Gasteiger partial charge in [-0.2, -0.15) is 0 Å². The Bertz CT molecular complexity index is 401. The Hall–Kier alpha value is -0.380. The third-order valence-corrected chi connectivity index (χ3v) is 3.99. The number of aldehydes is 1. The monoisotopic (exact) mass is 202 g/mol. The van der Waals surface area contributed by atoms with E-state index >= 15 is 0 Å². The standard InChI is InChI=1S/C7H3ClOS2/c8-5-3-11-7-6(5)4(1-9)2-10-7/h1-3H. The van der Waals surface area contributed by atoms with Crippen molar-refractivity contribution >= 4 is 50.0 Å². The lowest BCUT2D eigenvalue weighted by molar-refractivity contribution is 0.112. The summed E-state index contributed by atoms with van der Waals surface area (Å²) in [4.78, 5) is 10.5. The first-order chi connectivity index (χ1) is 5.33. The van der Waals surface area contributed by atoms with Crippen LogP contribution in [0.3, 0.4) is 0 Å². The summed E-state index contributed by atoms with van der Waals surface area (Å²) in [6.45, 7) is 0. The molecule has 0 aliphatic heterocycles. The van der Waals surface area contributed by atoms with Crippen molar-refractivity contribution in [3.05, 3.63) is 21.3 Å². The first-order valence-electron chi connectivity index (χ1n) is 2.92. The highest BCUT2D eigenvalue weighted by atomic mass is 35.5. The Balaban J connectivity index is 2.90. The molecule has 0 amide bonds. The van der Waals surface area contributed by atoms with Gasteiger partial charge < -0.3 is 0 Å². The number of hydrogen-bond acceptors (Lipinski definition) is 3. The van der Waals surface area contributed by atoms with Crippen LogP contribution in [-0.2, 0) is 0 Å². The normalized spacial score (nSPS) is 10.6. The Morgan fingerprint density at radius 3 is 2.82 bits per heavy atom. The molecule has 56 valence electrons. The number of fused-ring (bicyclic) bond motifs is 1. The van der Waals surface area contributed by atoms with Gasteiger partial charge in [-0.3, -0.25) is 4.79 Å². The van der Waals surface area contributed by atoms with E-state index in [2.05, 4.69) is 0 Å². The fraction of sp³-hybridized carbons (Fsp3) is 0. The van der Waals surface area contributed by atoms with Gasteiger partial charge in [-0.1, -0.05) is 11.6 Å². The van der Waals surface area contributed by atoms with E-state index in [1.807, 2.05) is 10.8 Å². The summed E-state index contributed by atoms with van der Waals surface area (Å²) in [6, 6.07) is 0. The quantitative estimate of drug-likeness (QED) is 0.648. The van der Waals surface area contributed by atoms with Gasteiger partial charge in [0.1, 0.15) is 0 Å². The molecule has 0 unspecified atom stereocenters. The molecule has 0 atom stereocenters. The predicted molar refractivity (Wildman–Crippen MR) is 50.1 cm³/mol.